The van der Waals surface area contributed by atoms with E-state index in [1.807, 2.05) is 0 Å². The number of aliphatic carboxylic acids is 1. The van der Waals surface area contributed by atoms with Crippen LogP contribution >= 0.6 is 0 Å². The Kier molecular flexibility index (Phi) is 5.46. The Morgan fingerprint density at radius 1 is 1.32 bits per heavy atom. The highest BCUT2D eigenvalue weighted by Crippen LogP contribution is 2.05. The van der Waals surface area contributed by atoms with Crippen molar-refractivity contribution in [2.75, 3.05) is 11.9 Å². The molecule has 0 saturated heterocycles. The lowest BCUT2D eigenvalue weighted by Gasteiger charge is -2.06. The van der Waals surface area contributed by atoms with E-state index in [0.29, 0.717) is 17.8 Å². The summed E-state index contributed by atoms with van der Waals surface area (Å²) in [6.45, 7) is 1.70. The van der Waals surface area contributed by atoms with Crippen LogP contribution in [0.15, 0.2) is 18.3 Å². The predicted molar refractivity (Wildman–Crippen MR) is 68.1 cm³/mol. The summed E-state index contributed by atoms with van der Waals surface area (Å²) < 4.78 is 0. The van der Waals surface area contributed by atoms with Gasteiger partial charge in [-0.25, -0.2) is 9.78 Å². The Hall–Kier alpha value is -2.44. The number of rotatable bonds is 6. The number of carboxylic acid groups (broad SMARTS) is 1. The number of nitrogens with zero attached hydrogens (tertiary/aromatic N) is 1. The van der Waals surface area contributed by atoms with Gasteiger partial charge in [0.05, 0.1) is 0 Å². The third-order valence-electron chi connectivity index (χ3n) is 2.26. The van der Waals surface area contributed by atoms with Gasteiger partial charge in [-0.3, -0.25) is 14.9 Å². The molecule has 0 saturated carbocycles. The first kappa shape index (κ1) is 14.6. The number of Topliss-reactive ketones (excluding diaryl/α,β-unsaturated/α-hetero) is 1. The lowest BCUT2D eigenvalue weighted by Crippen LogP contribution is -2.30. The van der Waals surface area contributed by atoms with Crippen LogP contribution in [0.2, 0.25) is 0 Å². The van der Waals surface area contributed by atoms with E-state index >= 15 is 0 Å². The van der Waals surface area contributed by atoms with Crippen molar-refractivity contribution in [2.24, 2.45) is 0 Å². The topological polar surface area (TPSA) is 108 Å². The van der Waals surface area contributed by atoms with Gasteiger partial charge in [0.2, 0.25) is 0 Å². The molecule has 0 aromatic carbocycles. The second-order valence-electron chi connectivity index (χ2n) is 3.87. The van der Waals surface area contributed by atoms with Crippen LogP contribution in [0.25, 0.3) is 0 Å². The van der Waals surface area contributed by atoms with Gasteiger partial charge in [-0.15, -0.1) is 0 Å². The SMILES string of the molecule is CC(=O)c1ccc(NC(=O)NCCCC(=O)O)nc1. The third kappa shape index (κ3) is 5.62. The minimum absolute atomic E-state index is 0.00579. The number of anilines is 1. The lowest BCUT2D eigenvalue weighted by molar-refractivity contribution is -0.137. The van der Waals surface area contributed by atoms with Crippen molar-refractivity contribution in [1.29, 1.82) is 0 Å². The molecule has 0 aliphatic heterocycles. The summed E-state index contributed by atoms with van der Waals surface area (Å²) in [6.07, 6.45) is 1.74. The van der Waals surface area contributed by atoms with Gasteiger partial charge in [-0.1, -0.05) is 0 Å². The normalized spacial score (nSPS) is 9.74. The molecule has 102 valence electrons. The molecule has 7 nitrogen and oxygen atoms in total. The number of amides is 2. The van der Waals surface area contributed by atoms with E-state index in [2.05, 4.69) is 15.6 Å². The van der Waals surface area contributed by atoms with Crippen molar-refractivity contribution in [3.63, 3.8) is 0 Å². The van der Waals surface area contributed by atoms with E-state index in [1.54, 1.807) is 6.07 Å². The number of nitrogens with one attached hydrogen (secondary N) is 2. The summed E-state index contributed by atoms with van der Waals surface area (Å²) >= 11 is 0. The van der Waals surface area contributed by atoms with Gasteiger partial charge >= 0.3 is 12.0 Å². The van der Waals surface area contributed by atoms with Crippen molar-refractivity contribution in [3.05, 3.63) is 23.9 Å². The first-order chi connectivity index (χ1) is 8.99. The van der Waals surface area contributed by atoms with Gasteiger partial charge in [0.1, 0.15) is 5.82 Å². The zero-order chi connectivity index (χ0) is 14.3. The molecule has 0 bridgehead atoms. The molecule has 0 aliphatic rings. The average molecular weight is 265 g/mol. The van der Waals surface area contributed by atoms with Crippen LogP contribution in [0.3, 0.4) is 0 Å². The van der Waals surface area contributed by atoms with Crippen LogP contribution in [0.5, 0.6) is 0 Å². The van der Waals surface area contributed by atoms with Gasteiger partial charge in [0.25, 0.3) is 0 Å². The molecule has 1 aromatic rings. The Labute approximate surface area is 110 Å². The standard InChI is InChI=1S/C12H15N3O4/c1-8(16)9-4-5-10(14-7-9)15-12(19)13-6-2-3-11(17)18/h4-5,7H,2-3,6H2,1H3,(H,17,18)(H2,13,14,15,19). The number of carbonyl (C=O) groups is 3. The fourth-order valence-electron chi connectivity index (χ4n) is 1.28. The van der Waals surface area contributed by atoms with Gasteiger partial charge in [-0.05, 0) is 25.5 Å². The molecule has 0 atom stereocenters. The lowest BCUT2D eigenvalue weighted by atomic mass is 10.2. The van der Waals surface area contributed by atoms with E-state index in [0.717, 1.165) is 0 Å². The number of carbonyl (C=O) groups excluding carboxylic acids is 2. The van der Waals surface area contributed by atoms with Gasteiger partial charge in [0, 0.05) is 24.7 Å². The number of carboxylic acids is 1. The van der Waals surface area contributed by atoms with Crippen LogP contribution in [0.1, 0.15) is 30.1 Å². The molecule has 1 heterocycles. The number of urea groups is 1. The van der Waals surface area contributed by atoms with Gasteiger partial charge < -0.3 is 10.4 Å². The molecule has 1 rings (SSSR count). The average Bonchev–Trinajstić information content (AvgIpc) is 2.35. The summed E-state index contributed by atoms with van der Waals surface area (Å²) in [4.78, 5) is 36.6. The monoisotopic (exact) mass is 265 g/mol. The Balaban J connectivity index is 2.35. The van der Waals surface area contributed by atoms with Crippen molar-refractivity contribution in [1.82, 2.24) is 10.3 Å². The van der Waals surface area contributed by atoms with E-state index in [-0.39, 0.29) is 18.7 Å². The fourth-order valence-corrected chi connectivity index (χ4v) is 1.28. The van der Waals surface area contributed by atoms with E-state index in [1.165, 1.54) is 19.2 Å². The second kappa shape index (κ2) is 7.10. The van der Waals surface area contributed by atoms with Crippen molar-refractivity contribution >= 4 is 23.6 Å². The van der Waals surface area contributed by atoms with Crippen LogP contribution in [-0.4, -0.2) is 34.4 Å². The zero-order valence-electron chi connectivity index (χ0n) is 10.5. The maximum Gasteiger partial charge on any atom is 0.320 e. The summed E-state index contributed by atoms with van der Waals surface area (Å²) in [7, 11) is 0. The molecule has 3 N–H and O–H groups in total. The highest BCUT2D eigenvalue weighted by Gasteiger charge is 2.04. The van der Waals surface area contributed by atoms with Crippen LogP contribution in [0, 0.1) is 0 Å². The highest BCUT2D eigenvalue weighted by molar-refractivity contribution is 5.94. The quantitative estimate of drug-likeness (QED) is 0.530. The molecular formula is C12H15N3O4. The number of aromatic nitrogens is 1. The molecule has 2 amide bonds. The maximum atomic E-state index is 11.4. The zero-order valence-corrected chi connectivity index (χ0v) is 10.5. The maximum absolute atomic E-state index is 11.4. The number of pyridine rings is 1. The molecule has 0 radical (unpaired) electrons. The minimum Gasteiger partial charge on any atom is -0.481 e. The molecular weight excluding hydrogens is 250 g/mol. The minimum atomic E-state index is -0.899. The second-order valence-corrected chi connectivity index (χ2v) is 3.87. The summed E-state index contributed by atoms with van der Waals surface area (Å²) in [6, 6.07) is 2.62. The van der Waals surface area contributed by atoms with Crippen molar-refractivity contribution in [2.45, 2.75) is 19.8 Å². The Bertz CT molecular complexity index is 470. The fraction of sp³-hybridized carbons (Fsp3) is 0.333. The summed E-state index contributed by atoms with van der Waals surface area (Å²) in [5.74, 6) is -0.679. The summed E-state index contributed by atoms with van der Waals surface area (Å²) in [5, 5.41) is 13.4. The molecule has 0 spiro atoms. The van der Waals surface area contributed by atoms with Crippen molar-refractivity contribution < 1.29 is 19.5 Å². The number of hydrogen-bond donors (Lipinski definition) is 3. The van der Waals surface area contributed by atoms with Crippen molar-refractivity contribution in [3.8, 4) is 0 Å². The first-order valence-electron chi connectivity index (χ1n) is 5.72. The van der Waals surface area contributed by atoms with Crippen LogP contribution in [0.4, 0.5) is 10.6 Å². The largest absolute Gasteiger partial charge is 0.481 e. The molecule has 0 fully saturated rings. The third-order valence-corrected chi connectivity index (χ3v) is 2.26. The number of ketones is 1. The molecule has 1 aromatic heterocycles. The van der Waals surface area contributed by atoms with E-state index in [9.17, 15) is 14.4 Å². The van der Waals surface area contributed by atoms with E-state index < -0.39 is 12.0 Å². The first-order valence-corrected chi connectivity index (χ1v) is 5.72. The summed E-state index contributed by atoms with van der Waals surface area (Å²) in [5.41, 5.74) is 0.465. The van der Waals surface area contributed by atoms with E-state index in [4.69, 9.17) is 5.11 Å². The van der Waals surface area contributed by atoms with Gasteiger partial charge in [0.15, 0.2) is 5.78 Å². The Morgan fingerprint density at radius 2 is 2.05 bits per heavy atom. The van der Waals surface area contributed by atoms with Crippen LogP contribution in [-0.2, 0) is 4.79 Å². The Morgan fingerprint density at radius 3 is 2.58 bits per heavy atom. The molecule has 19 heavy (non-hydrogen) atoms. The van der Waals surface area contributed by atoms with Gasteiger partial charge in [-0.2, -0.15) is 0 Å². The van der Waals surface area contributed by atoms with Crippen LogP contribution < -0.4 is 10.6 Å². The molecule has 0 aliphatic carbocycles. The molecule has 7 heteroatoms. The number of hydrogen-bond acceptors (Lipinski definition) is 4. The highest BCUT2D eigenvalue weighted by atomic mass is 16.4. The predicted octanol–water partition coefficient (Wildman–Crippen LogP) is 1.27. The molecule has 0 unspecified atom stereocenters. The smallest absolute Gasteiger partial charge is 0.320 e.